The first kappa shape index (κ1) is 13.1. The molecule has 2 aromatic rings. The van der Waals surface area contributed by atoms with E-state index >= 15 is 0 Å². The molecule has 96 valence electrons. The molecule has 0 spiro atoms. The standard InChI is InChI=1S/C14H7F4N/c15-13-6-5-9(8-19)7-11(13)10-3-1-2-4-12(10)14(16,17)18/h1-7H. The highest BCUT2D eigenvalue weighted by Gasteiger charge is 2.33. The highest BCUT2D eigenvalue weighted by atomic mass is 19.4. The first-order valence-electron chi connectivity index (χ1n) is 5.29. The molecule has 0 aliphatic rings. The quantitative estimate of drug-likeness (QED) is 0.702. The van der Waals surface area contributed by atoms with Crippen LogP contribution in [0.3, 0.4) is 0 Å². The minimum Gasteiger partial charge on any atom is -0.206 e. The van der Waals surface area contributed by atoms with Crippen molar-refractivity contribution in [3.8, 4) is 17.2 Å². The van der Waals surface area contributed by atoms with E-state index in [4.69, 9.17) is 5.26 Å². The lowest BCUT2D eigenvalue weighted by Gasteiger charge is -2.13. The van der Waals surface area contributed by atoms with Gasteiger partial charge in [0.25, 0.3) is 0 Å². The predicted octanol–water partition coefficient (Wildman–Crippen LogP) is 4.38. The fourth-order valence-corrected chi connectivity index (χ4v) is 1.77. The lowest BCUT2D eigenvalue weighted by atomic mass is 9.97. The van der Waals surface area contributed by atoms with Crippen LogP contribution in [0.5, 0.6) is 0 Å². The maximum Gasteiger partial charge on any atom is 0.417 e. The molecule has 1 nitrogen and oxygen atoms in total. The van der Waals surface area contributed by atoms with E-state index in [2.05, 4.69) is 0 Å². The third-order valence-electron chi connectivity index (χ3n) is 2.62. The van der Waals surface area contributed by atoms with E-state index in [0.29, 0.717) is 0 Å². The van der Waals surface area contributed by atoms with Gasteiger partial charge in [-0.15, -0.1) is 0 Å². The van der Waals surface area contributed by atoms with E-state index in [1.807, 2.05) is 0 Å². The molecule has 0 radical (unpaired) electrons. The molecule has 2 aromatic carbocycles. The molecule has 0 saturated heterocycles. The van der Waals surface area contributed by atoms with Crippen molar-refractivity contribution < 1.29 is 17.6 Å². The number of hydrogen-bond acceptors (Lipinski definition) is 1. The van der Waals surface area contributed by atoms with Crippen LogP contribution in [-0.2, 0) is 6.18 Å². The van der Waals surface area contributed by atoms with Gasteiger partial charge < -0.3 is 0 Å². The molecule has 0 unspecified atom stereocenters. The number of hydrogen-bond donors (Lipinski definition) is 0. The maximum absolute atomic E-state index is 13.7. The van der Waals surface area contributed by atoms with Crippen molar-refractivity contribution in [3.05, 3.63) is 59.4 Å². The highest BCUT2D eigenvalue weighted by Crippen LogP contribution is 2.37. The summed E-state index contributed by atoms with van der Waals surface area (Å²) in [5.74, 6) is -0.796. The summed E-state index contributed by atoms with van der Waals surface area (Å²) in [6.07, 6.45) is -4.58. The van der Waals surface area contributed by atoms with Gasteiger partial charge in [0.1, 0.15) is 5.82 Å². The minimum absolute atomic E-state index is 0.105. The molecule has 0 aliphatic carbocycles. The molecule has 0 saturated carbocycles. The van der Waals surface area contributed by atoms with Crippen LogP contribution in [0.15, 0.2) is 42.5 Å². The lowest BCUT2D eigenvalue weighted by molar-refractivity contribution is -0.137. The van der Waals surface area contributed by atoms with Crippen LogP contribution in [0.4, 0.5) is 17.6 Å². The van der Waals surface area contributed by atoms with E-state index < -0.39 is 17.6 Å². The molecule has 2 rings (SSSR count). The van der Waals surface area contributed by atoms with E-state index in [9.17, 15) is 17.6 Å². The summed E-state index contributed by atoms with van der Waals surface area (Å²) in [6.45, 7) is 0. The topological polar surface area (TPSA) is 23.8 Å². The normalized spacial score (nSPS) is 11.1. The van der Waals surface area contributed by atoms with Gasteiger partial charge in [-0.05, 0) is 29.8 Å². The number of nitrogens with zero attached hydrogens (tertiary/aromatic N) is 1. The summed E-state index contributed by atoms with van der Waals surface area (Å²) in [6, 6.07) is 9.78. The van der Waals surface area contributed by atoms with Gasteiger partial charge in [-0.1, -0.05) is 18.2 Å². The monoisotopic (exact) mass is 265 g/mol. The molecule has 19 heavy (non-hydrogen) atoms. The Kier molecular flexibility index (Phi) is 3.26. The smallest absolute Gasteiger partial charge is 0.206 e. The largest absolute Gasteiger partial charge is 0.417 e. The molecule has 0 N–H and O–H groups in total. The highest BCUT2D eigenvalue weighted by molar-refractivity contribution is 5.70. The van der Waals surface area contributed by atoms with E-state index in [1.54, 1.807) is 6.07 Å². The Morgan fingerprint density at radius 2 is 1.63 bits per heavy atom. The van der Waals surface area contributed by atoms with E-state index in [-0.39, 0.29) is 16.7 Å². The van der Waals surface area contributed by atoms with Gasteiger partial charge in [0, 0.05) is 5.56 Å². The van der Waals surface area contributed by atoms with Gasteiger partial charge in [0.05, 0.1) is 17.2 Å². The number of rotatable bonds is 1. The molecule has 5 heteroatoms. The van der Waals surface area contributed by atoms with Crippen molar-refractivity contribution in [1.82, 2.24) is 0 Å². The van der Waals surface area contributed by atoms with Crippen LogP contribution in [0.1, 0.15) is 11.1 Å². The number of benzene rings is 2. The second-order valence-corrected chi connectivity index (χ2v) is 3.85. The summed E-state index contributed by atoms with van der Waals surface area (Å²) < 4.78 is 52.3. The molecule has 0 aromatic heterocycles. The summed E-state index contributed by atoms with van der Waals surface area (Å²) in [5, 5.41) is 8.73. The van der Waals surface area contributed by atoms with Crippen molar-refractivity contribution in [2.45, 2.75) is 6.18 Å². The van der Waals surface area contributed by atoms with Crippen molar-refractivity contribution in [1.29, 1.82) is 5.26 Å². The lowest BCUT2D eigenvalue weighted by Crippen LogP contribution is -2.07. The van der Waals surface area contributed by atoms with Gasteiger partial charge in [0.15, 0.2) is 0 Å². The molecule has 0 aliphatic heterocycles. The molecule has 0 heterocycles. The van der Waals surface area contributed by atoms with Gasteiger partial charge in [0.2, 0.25) is 0 Å². The SMILES string of the molecule is N#Cc1ccc(F)c(-c2ccccc2C(F)(F)F)c1. The summed E-state index contributed by atoms with van der Waals surface area (Å²) >= 11 is 0. The van der Waals surface area contributed by atoms with Gasteiger partial charge in [-0.25, -0.2) is 4.39 Å². The summed E-state index contributed by atoms with van der Waals surface area (Å²) in [5.41, 5.74) is -1.33. The van der Waals surface area contributed by atoms with Gasteiger partial charge in [-0.2, -0.15) is 18.4 Å². The van der Waals surface area contributed by atoms with E-state index in [1.165, 1.54) is 24.3 Å². The van der Waals surface area contributed by atoms with Crippen molar-refractivity contribution in [2.75, 3.05) is 0 Å². The van der Waals surface area contributed by atoms with Crippen LogP contribution < -0.4 is 0 Å². The van der Waals surface area contributed by atoms with E-state index in [0.717, 1.165) is 18.2 Å². The van der Waals surface area contributed by atoms with Crippen LogP contribution in [0.25, 0.3) is 11.1 Å². The molecule has 0 fully saturated rings. The van der Waals surface area contributed by atoms with Gasteiger partial charge >= 0.3 is 6.18 Å². The Bertz CT molecular complexity index is 653. The van der Waals surface area contributed by atoms with Crippen LogP contribution in [-0.4, -0.2) is 0 Å². The van der Waals surface area contributed by atoms with Crippen LogP contribution >= 0.6 is 0 Å². The first-order valence-corrected chi connectivity index (χ1v) is 5.29. The molecule has 0 amide bonds. The van der Waals surface area contributed by atoms with Gasteiger partial charge in [-0.3, -0.25) is 0 Å². The fourth-order valence-electron chi connectivity index (χ4n) is 1.77. The molecule has 0 atom stereocenters. The number of nitriles is 1. The Morgan fingerprint density at radius 3 is 2.26 bits per heavy atom. The van der Waals surface area contributed by atoms with Crippen LogP contribution in [0, 0.1) is 17.1 Å². The minimum atomic E-state index is -4.58. The molecule has 0 bridgehead atoms. The second-order valence-electron chi connectivity index (χ2n) is 3.85. The average Bonchev–Trinajstić information content (AvgIpc) is 2.38. The average molecular weight is 265 g/mol. The number of alkyl halides is 3. The second kappa shape index (κ2) is 4.73. The Labute approximate surface area is 106 Å². The first-order chi connectivity index (χ1) is 8.93. The zero-order valence-corrected chi connectivity index (χ0v) is 9.50. The zero-order chi connectivity index (χ0) is 14.0. The number of halogens is 4. The Balaban J connectivity index is 2.70. The predicted molar refractivity (Wildman–Crippen MR) is 61.6 cm³/mol. The molecular weight excluding hydrogens is 258 g/mol. The summed E-state index contributed by atoms with van der Waals surface area (Å²) in [4.78, 5) is 0. The summed E-state index contributed by atoms with van der Waals surface area (Å²) in [7, 11) is 0. The van der Waals surface area contributed by atoms with Crippen LogP contribution in [0.2, 0.25) is 0 Å². The molecular formula is C14H7F4N. The fraction of sp³-hybridized carbons (Fsp3) is 0.0714. The third kappa shape index (κ3) is 2.58. The van der Waals surface area contributed by atoms with Crippen molar-refractivity contribution >= 4 is 0 Å². The Hall–Kier alpha value is -2.35. The Morgan fingerprint density at radius 1 is 0.947 bits per heavy atom. The zero-order valence-electron chi connectivity index (χ0n) is 9.50. The van der Waals surface area contributed by atoms with Crippen molar-refractivity contribution in [2.24, 2.45) is 0 Å². The third-order valence-corrected chi connectivity index (χ3v) is 2.62. The van der Waals surface area contributed by atoms with Crippen molar-refractivity contribution in [3.63, 3.8) is 0 Å². The maximum atomic E-state index is 13.7.